The summed E-state index contributed by atoms with van der Waals surface area (Å²) in [6.45, 7) is 2.06. The van der Waals surface area contributed by atoms with Crippen molar-refractivity contribution in [3.05, 3.63) is 34.6 Å². The number of aliphatic hydroxyl groups is 1. The van der Waals surface area contributed by atoms with Crippen molar-refractivity contribution < 1.29 is 9.50 Å². The number of aliphatic hydroxyl groups excluding tert-OH is 1. The summed E-state index contributed by atoms with van der Waals surface area (Å²) in [5.74, 6) is -0.408. The Balaban J connectivity index is 2.60. The molecule has 1 nitrogen and oxygen atoms in total. The van der Waals surface area contributed by atoms with E-state index in [0.29, 0.717) is 18.4 Å². The first-order valence-electron chi connectivity index (χ1n) is 5.26. The minimum absolute atomic E-state index is 0.121. The van der Waals surface area contributed by atoms with Crippen molar-refractivity contribution in [1.82, 2.24) is 0 Å². The minimum atomic E-state index is -0.474. The lowest BCUT2D eigenvalue weighted by Crippen LogP contribution is -2.11. The van der Waals surface area contributed by atoms with Gasteiger partial charge in [0.15, 0.2) is 0 Å². The van der Waals surface area contributed by atoms with Crippen LogP contribution in [0.15, 0.2) is 18.2 Å². The second-order valence-electron chi connectivity index (χ2n) is 3.71. The molecule has 84 valence electrons. The van der Waals surface area contributed by atoms with Crippen LogP contribution in [-0.2, 0) is 6.42 Å². The highest BCUT2D eigenvalue weighted by atomic mass is 35.5. The second kappa shape index (κ2) is 6.09. The summed E-state index contributed by atoms with van der Waals surface area (Å²) in [6.07, 6.45) is 2.57. The van der Waals surface area contributed by atoms with Crippen molar-refractivity contribution in [3.8, 4) is 0 Å². The van der Waals surface area contributed by atoms with Crippen LogP contribution in [0.25, 0.3) is 0 Å². The zero-order chi connectivity index (χ0) is 11.3. The monoisotopic (exact) mass is 230 g/mol. The van der Waals surface area contributed by atoms with Crippen molar-refractivity contribution in [2.45, 2.75) is 38.7 Å². The molecule has 1 N–H and O–H groups in total. The standard InChI is InChI=1S/C12H16ClFO/c1-2-3-6-10(15)8-9-5-4-7-11(13)12(9)14/h4-5,7,10,15H,2-3,6,8H2,1H3. The van der Waals surface area contributed by atoms with E-state index in [2.05, 4.69) is 6.92 Å². The summed E-state index contributed by atoms with van der Waals surface area (Å²) in [5, 5.41) is 9.76. The predicted octanol–water partition coefficient (Wildman–Crippen LogP) is 3.57. The highest BCUT2D eigenvalue weighted by molar-refractivity contribution is 6.30. The Morgan fingerprint density at radius 3 is 2.87 bits per heavy atom. The Kier molecular flexibility index (Phi) is 5.06. The molecule has 0 aliphatic rings. The van der Waals surface area contributed by atoms with Crippen molar-refractivity contribution >= 4 is 11.6 Å². The molecule has 0 aromatic heterocycles. The molecule has 0 saturated carbocycles. The van der Waals surface area contributed by atoms with Crippen LogP contribution in [0.4, 0.5) is 4.39 Å². The Bertz CT molecular complexity index is 314. The molecule has 1 aromatic carbocycles. The smallest absolute Gasteiger partial charge is 0.145 e. The van der Waals surface area contributed by atoms with Gasteiger partial charge >= 0.3 is 0 Å². The Labute approximate surface area is 94.9 Å². The fourth-order valence-corrected chi connectivity index (χ4v) is 1.70. The lowest BCUT2D eigenvalue weighted by Gasteiger charge is -2.10. The molecule has 0 radical (unpaired) electrons. The summed E-state index contributed by atoms with van der Waals surface area (Å²) in [7, 11) is 0. The molecule has 0 saturated heterocycles. The lowest BCUT2D eigenvalue weighted by atomic mass is 10.0. The third-order valence-corrected chi connectivity index (χ3v) is 2.67. The number of hydrogen-bond acceptors (Lipinski definition) is 1. The van der Waals surface area contributed by atoms with Crippen molar-refractivity contribution in [3.63, 3.8) is 0 Å². The van der Waals surface area contributed by atoms with E-state index in [1.165, 1.54) is 6.07 Å². The van der Waals surface area contributed by atoms with Gasteiger partial charge < -0.3 is 5.11 Å². The number of unbranched alkanes of at least 4 members (excludes halogenated alkanes) is 1. The van der Waals surface area contributed by atoms with Crippen LogP contribution in [0.1, 0.15) is 31.7 Å². The molecule has 0 heterocycles. The fourth-order valence-electron chi connectivity index (χ4n) is 1.50. The van der Waals surface area contributed by atoms with Gasteiger partial charge in [-0.25, -0.2) is 4.39 Å². The maximum atomic E-state index is 13.4. The van der Waals surface area contributed by atoms with E-state index < -0.39 is 11.9 Å². The van der Waals surface area contributed by atoms with E-state index in [1.54, 1.807) is 12.1 Å². The van der Waals surface area contributed by atoms with Gasteiger partial charge in [0, 0.05) is 6.42 Å². The van der Waals surface area contributed by atoms with Gasteiger partial charge in [0.25, 0.3) is 0 Å². The van der Waals surface area contributed by atoms with E-state index in [0.717, 1.165) is 12.8 Å². The molecule has 0 amide bonds. The van der Waals surface area contributed by atoms with Crippen LogP contribution >= 0.6 is 11.6 Å². The van der Waals surface area contributed by atoms with Crippen LogP contribution in [0.2, 0.25) is 5.02 Å². The van der Waals surface area contributed by atoms with Crippen molar-refractivity contribution in [1.29, 1.82) is 0 Å². The second-order valence-corrected chi connectivity index (χ2v) is 4.12. The van der Waals surface area contributed by atoms with Crippen LogP contribution in [0.3, 0.4) is 0 Å². The van der Waals surface area contributed by atoms with Crippen LogP contribution in [-0.4, -0.2) is 11.2 Å². The molecule has 15 heavy (non-hydrogen) atoms. The molecule has 0 spiro atoms. The van der Waals surface area contributed by atoms with Crippen molar-refractivity contribution in [2.24, 2.45) is 0 Å². The third-order valence-electron chi connectivity index (χ3n) is 2.38. The summed E-state index contributed by atoms with van der Waals surface area (Å²) in [6, 6.07) is 4.88. The first-order chi connectivity index (χ1) is 7.15. The number of benzene rings is 1. The summed E-state index contributed by atoms with van der Waals surface area (Å²) >= 11 is 5.64. The Morgan fingerprint density at radius 1 is 1.47 bits per heavy atom. The minimum Gasteiger partial charge on any atom is -0.393 e. The normalized spacial score (nSPS) is 12.8. The topological polar surface area (TPSA) is 20.2 Å². The van der Waals surface area contributed by atoms with Gasteiger partial charge in [0.2, 0.25) is 0 Å². The Hall–Kier alpha value is -0.600. The number of halogens is 2. The van der Waals surface area contributed by atoms with E-state index >= 15 is 0 Å². The highest BCUT2D eigenvalue weighted by Gasteiger charge is 2.10. The van der Waals surface area contributed by atoms with E-state index in [1.807, 2.05) is 0 Å². The van der Waals surface area contributed by atoms with Gasteiger partial charge in [-0.1, -0.05) is 43.5 Å². The lowest BCUT2D eigenvalue weighted by molar-refractivity contribution is 0.160. The number of rotatable bonds is 5. The predicted molar refractivity (Wildman–Crippen MR) is 60.6 cm³/mol. The fraction of sp³-hybridized carbons (Fsp3) is 0.500. The van der Waals surface area contributed by atoms with E-state index in [-0.39, 0.29) is 5.02 Å². The number of hydrogen-bond donors (Lipinski definition) is 1. The third kappa shape index (κ3) is 3.80. The molecule has 1 unspecified atom stereocenters. The maximum Gasteiger partial charge on any atom is 0.145 e. The largest absolute Gasteiger partial charge is 0.393 e. The maximum absolute atomic E-state index is 13.4. The molecule has 0 bridgehead atoms. The first kappa shape index (κ1) is 12.5. The average molecular weight is 231 g/mol. The van der Waals surface area contributed by atoms with Crippen molar-refractivity contribution in [2.75, 3.05) is 0 Å². The molecule has 1 atom stereocenters. The van der Waals surface area contributed by atoms with Crippen LogP contribution < -0.4 is 0 Å². The molecule has 1 rings (SSSR count). The van der Waals surface area contributed by atoms with Crippen LogP contribution in [0, 0.1) is 5.82 Å². The Morgan fingerprint density at radius 2 is 2.20 bits per heavy atom. The molecule has 0 aliphatic carbocycles. The highest BCUT2D eigenvalue weighted by Crippen LogP contribution is 2.19. The zero-order valence-electron chi connectivity index (χ0n) is 8.84. The van der Waals surface area contributed by atoms with E-state index in [9.17, 15) is 9.50 Å². The van der Waals surface area contributed by atoms with Gasteiger partial charge in [-0.05, 0) is 18.1 Å². The summed E-state index contributed by atoms with van der Waals surface area (Å²) in [4.78, 5) is 0. The van der Waals surface area contributed by atoms with Gasteiger partial charge in [0.05, 0.1) is 11.1 Å². The van der Waals surface area contributed by atoms with Crippen LogP contribution in [0.5, 0.6) is 0 Å². The molecule has 1 aromatic rings. The molecule has 3 heteroatoms. The summed E-state index contributed by atoms with van der Waals surface area (Å²) in [5.41, 5.74) is 0.492. The zero-order valence-corrected chi connectivity index (χ0v) is 9.60. The quantitative estimate of drug-likeness (QED) is 0.820. The van der Waals surface area contributed by atoms with Gasteiger partial charge in [-0.2, -0.15) is 0 Å². The molecular formula is C12H16ClFO. The molecule has 0 aliphatic heterocycles. The SMILES string of the molecule is CCCCC(O)Cc1cccc(Cl)c1F. The molecule has 0 fully saturated rings. The summed E-state index contributed by atoms with van der Waals surface area (Å²) < 4.78 is 13.4. The molecular weight excluding hydrogens is 215 g/mol. The first-order valence-corrected chi connectivity index (χ1v) is 5.64. The van der Waals surface area contributed by atoms with Gasteiger partial charge in [-0.3, -0.25) is 0 Å². The average Bonchev–Trinajstić information content (AvgIpc) is 2.22. The van der Waals surface area contributed by atoms with Gasteiger partial charge in [0.1, 0.15) is 5.82 Å². The van der Waals surface area contributed by atoms with Gasteiger partial charge in [-0.15, -0.1) is 0 Å². The van der Waals surface area contributed by atoms with E-state index in [4.69, 9.17) is 11.6 Å².